The molecule has 6 heteroatoms. The quantitative estimate of drug-likeness (QED) is 0.944. The highest BCUT2D eigenvalue weighted by molar-refractivity contribution is 9.10. The molecule has 2 aromatic rings. The molecule has 0 saturated heterocycles. The zero-order valence-corrected chi connectivity index (χ0v) is 11.8. The van der Waals surface area contributed by atoms with Gasteiger partial charge in [0.2, 0.25) is 0 Å². The SMILES string of the molecule is CC(C)n1cc(Br)cc1C(=O)NCc1ccon1. The maximum atomic E-state index is 12.1. The summed E-state index contributed by atoms with van der Waals surface area (Å²) >= 11 is 3.38. The number of nitrogens with zero attached hydrogens (tertiary/aromatic N) is 2. The Morgan fingerprint density at radius 3 is 3.00 bits per heavy atom. The van der Waals surface area contributed by atoms with Crippen molar-refractivity contribution in [3.8, 4) is 0 Å². The van der Waals surface area contributed by atoms with Gasteiger partial charge in [-0.05, 0) is 35.8 Å². The zero-order chi connectivity index (χ0) is 13.1. The molecule has 0 saturated carbocycles. The number of rotatable bonds is 4. The van der Waals surface area contributed by atoms with Crippen molar-refractivity contribution in [1.82, 2.24) is 15.0 Å². The van der Waals surface area contributed by atoms with Crippen LogP contribution in [-0.2, 0) is 6.54 Å². The van der Waals surface area contributed by atoms with Gasteiger partial charge >= 0.3 is 0 Å². The molecule has 96 valence electrons. The molecular formula is C12H14BrN3O2. The van der Waals surface area contributed by atoms with Crippen LogP contribution >= 0.6 is 15.9 Å². The average Bonchev–Trinajstić information content (AvgIpc) is 2.94. The minimum atomic E-state index is -0.127. The molecule has 1 N–H and O–H groups in total. The van der Waals surface area contributed by atoms with E-state index in [0.717, 1.165) is 4.47 Å². The Labute approximate surface area is 113 Å². The summed E-state index contributed by atoms with van der Waals surface area (Å²) in [7, 11) is 0. The highest BCUT2D eigenvalue weighted by Gasteiger charge is 2.14. The molecule has 0 aromatic carbocycles. The first-order valence-corrected chi connectivity index (χ1v) is 6.42. The van der Waals surface area contributed by atoms with Gasteiger partial charge in [0.25, 0.3) is 5.91 Å². The third-order valence-electron chi connectivity index (χ3n) is 2.53. The van der Waals surface area contributed by atoms with E-state index < -0.39 is 0 Å². The Kier molecular flexibility index (Phi) is 3.86. The van der Waals surface area contributed by atoms with E-state index >= 15 is 0 Å². The number of aromatic nitrogens is 2. The van der Waals surface area contributed by atoms with Crippen molar-refractivity contribution < 1.29 is 9.32 Å². The molecule has 2 rings (SSSR count). The van der Waals surface area contributed by atoms with E-state index in [4.69, 9.17) is 4.52 Å². The van der Waals surface area contributed by atoms with E-state index in [1.54, 1.807) is 12.1 Å². The van der Waals surface area contributed by atoms with Gasteiger partial charge in [-0.3, -0.25) is 4.79 Å². The minimum Gasteiger partial charge on any atom is -0.364 e. The fourth-order valence-corrected chi connectivity index (χ4v) is 2.08. The normalized spacial score (nSPS) is 10.9. The number of amides is 1. The van der Waals surface area contributed by atoms with Gasteiger partial charge in [0.05, 0.1) is 6.54 Å². The van der Waals surface area contributed by atoms with Crippen LogP contribution in [0.2, 0.25) is 0 Å². The molecule has 0 aliphatic rings. The monoisotopic (exact) mass is 311 g/mol. The molecule has 18 heavy (non-hydrogen) atoms. The first-order chi connectivity index (χ1) is 8.58. The number of carbonyl (C=O) groups excluding carboxylic acids is 1. The molecule has 0 unspecified atom stereocenters. The summed E-state index contributed by atoms with van der Waals surface area (Å²) < 4.78 is 7.51. The van der Waals surface area contributed by atoms with Crippen molar-refractivity contribution in [2.45, 2.75) is 26.4 Å². The molecular weight excluding hydrogens is 298 g/mol. The number of carbonyl (C=O) groups is 1. The van der Waals surface area contributed by atoms with Gasteiger partial charge in [-0.2, -0.15) is 0 Å². The van der Waals surface area contributed by atoms with Crippen molar-refractivity contribution in [1.29, 1.82) is 0 Å². The predicted molar refractivity (Wildman–Crippen MR) is 70.2 cm³/mol. The smallest absolute Gasteiger partial charge is 0.268 e. The lowest BCUT2D eigenvalue weighted by molar-refractivity contribution is 0.0939. The van der Waals surface area contributed by atoms with Gasteiger partial charge in [-0.15, -0.1) is 0 Å². The molecule has 0 fully saturated rings. The number of halogens is 1. The highest BCUT2D eigenvalue weighted by Crippen LogP contribution is 2.19. The Morgan fingerprint density at radius 1 is 1.61 bits per heavy atom. The lowest BCUT2D eigenvalue weighted by Crippen LogP contribution is -2.25. The first kappa shape index (κ1) is 12.9. The summed E-state index contributed by atoms with van der Waals surface area (Å²) in [5.41, 5.74) is 1.32. The number of hydrogen-bond donors (Lipinski definition) is 1. The number of nitrogens with one attached hydrogen (secondary N) is 1. The maximum Gasteiger partial charge on any atom is 0.268 e. The summed E-state index contributed by atoms with van der Waals surface area (Å²) in [5.74, 6) is -0.127. The van der Waals surface area contributed by atoms with Crippen molar-refractivity contribution in [3.63, 3.8) is 0 Å². The van der Waals surface area contributed by atoms with Gasteiger partial charge in [0.15, 0.2) is 0 Å². The van der Waals surface area contributed by atoms with Gasteiger partial charge in [-0.1, -0.05) is 5.16 Å². The predicted octanol–water partition coefficient (Wildman–Crippen LogP) is 2.75. The van der Waals surface area contributed by atoms with Crippen LogP contribution in [0.15, 0.2) is 33.6 Å². The van der Waals surface area contributed by atoms with E-state index in [2.05, 4.69) is 26.4 Å². The van der Waals surface area contributed by atoms with Crippen LogP contribution in [0.4, 0.5) is 0 Å². The van der Waals surface area contributed by atoms with E-state index in [-0.39, 0.29) is 11.9 Å². The molecule has 0 radical (unpaired) electrons. The van der Waals surface area contributed by atoms with E-state index in [0.29, 0.717) is 17.9 Å². The Hall–Kier alpha value is -1.56. The average molecular weight is 312 g/mol. The fourth-order valence-electron chi connectivity index (χ4n) is 1.64. The second-order valence-corrected chi connectivity index (χ2v) is 5.13. The second-order valence-electron chi connectivity index (χ2n) is 4.22. The highest BCUT2D eigenvalue weighted by atomic mass is 79.9. The van der Waals surface area contributed by atoms with Crippen molar-refractivity contribution in [2.24, 2.45) is 0 Å². The molecule has 5 nitrogen and oxygen atoms in total. The Morgan fingerprint density at radius 2 is 2.39 bits per heavy atom. The van der Waals surface area contributed by atoms with Crippen LogP contribution in [0.1, 0.15) is 36.1 Å². The summed E-state index contributed by atoms with van der Waals surface area (Å²) in [6.07, 6.45) is 3.38. The van der Waals surface area contributed by atoms with Crippen LogP contribution in [0.3, 0.4) is 0 Å². The summed E-state index contributed by atoms with van der Waals surface area (Å²) in [5, 5.41) is 6.55. The van der Waals surface area contributed by atoms with Crippen molar-refractivity contribution in [2.75, 3.05) is 0 Å². The van der Waals surface area contributed by atoms with Crippen LogP contribution in [0.25, 0.3) is 0 Å². The summed E-state index contributed by atoms with van der Waals surface area (Å²) in [6, 6.07) is 3.75. The Balaban J connectivity index is 2.09. The first-order valence-electron chi connectivity index (χ1n) is 5.62. The van der Waals surface area contributed by atoms with Gasteiger partial charge in [-0.25, -0.2) is 0 Å². The standard InChI is InChI=1S/C12H14BrN3O2/c1-8(2)16-7-9(13)5-11(16)12(17)14-6-10-3-4-18-15-10/h3-5,7-8H,6H2,1-2H3,(H,14,17). The molecule has 0 aliphatic heterocycles. The topological polar surface area (TPSA) is 60.1 Å². The third-order valence-corrected chi connectivity index (χ3v) is 2.96. The van der Waals surface area contributed by atoms with Crippen molar-refractivity contribution in [3.05, 3.63) is 40.5 Å². The molecule has 0 atom stereocenters. The van der Waals surface area contributed by atoms with Crippen LogP contribution < -0.4 is 5.32 Å². The van der Waals surface area contributed by atoms with Crippen molar-refractivity contribution >= 4 is 21.8 Å². The molecule has 0 aliphatic carbocycles. The van der Waals surface area contributed by atoms with Gasteiger partial charge < -0.3 is 14.4 Å². The largest absolute Gasteiger partial charge is 0.364 e. The Bertz CT molecular complexity index is 532. The van der Waals surface area contributed by atoms with E-state index in [1.165, 1.54) is 6.26 Å². The molecule has 2 aromatic heterocycles. The van der Waals surface area contributed by atoms with Crippen LogP contribution in [0.5, 0.6) is 0 Å². The molecule has 0 bridgehead atoms. The minimum absolute atomic E-state index is 0.127. The summed E-state index contributed by atoms with van der Waals surface area (Å²) in [6.45, 7) is 4.41. The lowest BCUT2D eigenvalue weighted by Gasteiger charge is -2.12. The summed E-state index contributed by atoms with van der Waals surface area (Å²) in [4.78, 5) is 12.1. The van der Waals surface area contributed by atoms with Crippen LogP contribution in [-0.4, -0.2) is 15.6 Å². The molecule has 0 spiro atoms. The number of hydrogen-bond acceptors (Lipinski definition) is 3. The van der Waals surface area contributed by atoms with Gasteiger partial charge in [0.1, 0.15) is 17.7 Å². The molecule has 2 heterocycles. The molecule has 1 amide bonds. The maximum absolute atomic E-state index is 12.1. The van der Waals surface area contributed by atoms with Gasteiger partial charge in [0, 0.05) is 22.8 Å². The fraction of sp³-hybridized carbons (Fsp3) is 0.333. The lowest BCUT2D eigenvalue weighted by atomic mass is 10.3. The van der Waals surface area contributed by atoms with E-state index in [9.17, 15) is 4.79 Å². The zero-order valence-electron chi connectivity index (χ0n) is 10.2. The van der Waals surface area contributed by atoms with E-state index in [1.807, 2.05) is 24.6 Å². The third kappa shape index (κ3) is 2.81. The second kappa shape index (κ2) is 5.39. The van der Waals surface area contributed by atoms with Crippen LogP contribution in [0, 0.1) is 0 Å².